The first-order chi connectivity index (χ1) is 9.63. The highest BCUT2D eigenvalue weighted by Gasteiger charge is 2.13. The zero-order valence-electron chi connectivity index (χ0n) is 10.2. The van der Waals surface area contributed by atoms with Crippen molar-refractivity contribution < 1.29 is 13.5 Å². The van der Waals surface area contributed by atoms with Crippen LogP contribution in [0.4, 0.5) is 8.78 Å². The molecule has 98 valence electrons. The van der Waals surface area contributed by atoms with Crippen molar-refractivity contribution in [2.75, 3.05) is 0 Å². The number of benzene rings is 2. The molecule has 2 aromatic carbocycles. The van der Waals surface area contributed by atoms with Crippen LogP contribution in [0.25, 0.3) is 0 Å². The lowest BCUT2D eigenvalue weighted by molar-refractivity contribution is 0.407. The van der Waals surface area contributed by atoms with Crippen molar-refractivity contribution >= 4 is 0 Å². The van der Waals surface area contributed by atoms with E-state index in [1.807, 2.05) is 6.07 Å². The summed E-state index contributed by atoms with van der Waals surface area (Å²) in [7, 11) is 0. The van der Waals surface area contributed by atoms with E-state index >= 15 is 0 Å². The minimum atomic E-state index is -0.942. The number of hydrogen-bond acceptors (Lipinski definition) is 3. The third-order valence-electron chi connectivity index (χ3n) is 2.55. The highest BCUT2D eigenvalue weighted by atomic mass is 19.1. The van der Waals surface area contributed by atoms with Gasteiger partial charge in [-0.2, -0.15) is 10.5 Å². The third-order valence-corrected chi connectivity index (χ3v) is 2.55. The van der Waals surface area contributed by atoms with Gasteiger partial charge in [-0.1, -0.05) is 12.1 Å². The smallest absolute Gasteiger partial charge is 0.198 e. The summed E-state index contributed by atoms with van der Waals surface area (Å²) in [6.45, 7) is 0. The minimum absolute atomic E-state index is 0.114. The predicted molar refractivity (Wildman–Crippen MR) is 66.9 cm³/mol. The van der Waals surface area contributed by atoms with Gasteiger partial charge in [0, 0.05) is 0 Å². The Balaban J connectivity index is 2.26. The zero-order valence-corrected chi connectivity index (χ0v) is 10.2. The molecule has 0 atom stereocenters. The van der Waals surface area contributed by atoms with Crippen molar-refractivity contribution in [2.24, 2.45) is 0 Å². The van der Waals surface area contributed by atoms with Crippen LogP contribution < -0.4 is 4.74 Å². The Labute approximate surface area is 114 Å². The second kappa shape index (κ2) is 5.81. The van der Waals surface area contributed by atoms with Gasteiger partial charge in [-0.15, -0.1) is 0 Å². The van der Waals surface area contributed by atoms with E-state index in [-0.39, 0.29) is 17.7 Å². The van der Waals surface area contributed by atoms with Crippen LogP contribution in [0.5, 0.6) is 11.5 Å². The first-order valence-electron chi connectivity index (χ1n) is 5.67. The number of ether oxygens (including phenoxy) is 1. The topological polar surface area (TPSA) is 56.8 Å². The van der Waals surface area contributed by atoms with Crippen LogP contribution in [0, 0.1) is 34.3 Å². The summed E-state index contributed by atoms with van der Waals surface area (Å²) in [6, 6.07) is 11.8. The monoisotopic (exact) mass is 270 g/mol. The van der Waals surface area contributed by atoms with Crippen molar-refractivity contribution in [3.05, 3.63) is 59.2 Å². The zero-order chi connectivity index (χ0) is 14.5. The van der Waals surface area contributed by atoms with Gasteiger partial charge in [0.05, 0.1) is 24.1 Å². The molecular formula is C15H8F2N2O. The molecule has 0 fully saturated rings. The molecule has 0 N–H and O–H groups in total. The summed E-state index contributed by atoms with van der Waals surface area (Å²) in [4.78, 5) is 0. The molecule has 0 radical (unpaired) electrons. The predicted octanol–water partition coefficient (Wildman–Crippen LogP) is 3.69. The molecule has 0 saturated heterocycles. The van der Waals surface area contributed by atoms with Gasteiger partial charge in [0.1, 0.15) is 5.75 Å². The van der Waals surface area contributed by atoms with Gasteiger partial charge in [-0.25, -0.2) is 8.78 Å². The summed E-state index contributed by atoms with van der Waals surface area (Å²) in [5.74, 6) is -2.20. The fraction of sp³-hybridized carbons (Fsp3) is 0.0667. The van der Waals surface area contributed by atoms with Gasteiger partial charge in [0.2, 0.25) is 0 Å². The standard InChI is InChI=1S/C15H8F2N2O/c16-13-7-11(9-19)8-14(17)15(13)20-12-3-1-10(2-4-12)5-6-18/h1-4,7-8H,5H2. The summed E-state index contributed by atoms with van der Waals surface area (Å²) in [6.07, 6.45) is 0.250. The Bertz CT molecular complexity index is 689. The molecule has 0 bridgehead atoms. The van der Waals surface area contributed by atoms with E-state index in [0.29, 0.717) is 0 Å². The molecule has 0 amide bonds. The largest absolute Gasteiger partial charge is 0.451 e. The lowest BCUT2D eigenvalue weighted by Crippen LogP contribution is -1.94. The van der Waals surface area contributed by atoms with Crippen LogP contribution in [-0.4, -0.2) is 0 Å². The van der Waals surface area contributed by atoms with Gasteiger partial charge in [-0.3, -0.25) is 0 Å². The Hall–Kier alpha value is -2.92. The van der Waals surface area contributed by atoms with Crippen molar-refractivity contribution in [3.8, 4) is 23.6 Å². The fourth-order valence-corrected chi connectivity index (χ4v) is 1.61. The quantitative estimate of drug-likeness (QED) is 0.854. The molecule has 0 aliphatic carbocycles. The van der Waals surface area contributed by atoms with Crippen molar-refractivity contribution in [3.63, 3.8) is 0 Å². The Morgan fingerprint density at radius 3 is 2.10 bits per heavy atom. The maximum Gasteiger partial charge on any atom is 0.198 e. The van der Waals surface area contributed by atoms with Crippen LogP contribution in [-0.2, 0) is 6.42 Å². The number of nitrogens with zero attached hydrogens (tertiary/aromatic N) is 2. The van der Waals surface area contributed by atoms with Gasteiger partial charge < -0.3 is 4.74 Å². The summed E-state index contributed by atoms with van der Waals surface area (Å²) >= 11 is 0. The highest BCUT2D eigenvalue weighted by Crippen LogP contribution is 2.28. The molecule has 2 aromatic rings. The van der Waals surface area contributed by atoms with Gasteiger partial charge in [0.15, 0.2) is 17.4 Å². The molecule has 20 heavy (non-hydrogen) atoms. The van der Waals surface area contributed by atoms with Crippen molar-refractivity contribution in [1.82, 2.24) is 0 Å². The van der Waals surface area contributed by atoms with Crippen LogP contribution >= 0.6 is 0 Å². The summed E-state index contributed by atoms with van der Waals surface area (Å²) in [5, 5.41) is 17.1. The van der Waals surface area contributed by atoms with Crippen molar-refractivity contribution in [2.45, 2.75) is 6.42 Å². The lowest BCUT2D eigenvalue weighted by atomic mass is 10.1. The maximum atomic E-state index is 13.6. The molecule has 0 aromatic heterocycles. The third kappa shape index (κ3) is 2.90. The van der Waals surface area contributed by atoms with E-state index in [9.17, 15) is 8.78 Å². The molecule has 0 aliphatic rings. The molecule has 0 heterocycles. The van der Waals surface area contributed by atoms with Crippen molar-refractivity contribution in [1.29, 1.82) is 10.5 Å². The van der Waals surface area contributed by atoms with E-state index < -0.39 is 17.4 Å². The maximum absolute atomic E-state index is 13.6. The number of rotatable bonds is 3. The number of hydrogen-bond donors (Lipinski definition) is 0. The average molecular weight is 270 g/mol. The molecule has 0 spiro atoms. The van der Waals surface area contributed by atoms with E-state index in [0.717, 1.165) is 17.7 Å². The highest BCUT2D eigenvalue weighted by molar-refractivity contribution is 5.40. The second-order valence-electron chi connectivity index (χ2n) is 3.96. The van der Waals surface area contributed by atoms with E-state index in [1.165, 1.54) is 12.1 Å². The van der Waals surface area contributed by atoms with E-state index in [1.54, 1.807) is 18.2 Å². The number of nitriles is 2. The second-order valence-corrected chi connectivity index (χ2v) is 3.96. The molecule has 5 heteroatoms. The summed E-state index contributed by atoms with van der Waals surface area (Å²) < 4.78 is 32.4. The molecule has 0 saturated carbocycles. The Morgan fingerprint density at radius 1 is 1.00 bits per heavy atom. The molecule has 0 unspecified atom stereocenters. The Kier molecular flexibility index (Phi) is 3.93. The van der Waals surface area contributed by atoms with E-state index in [4.69, 9.17) is 15.3 Å². The minimum Gasteiger partial charge on any atom is -0.451 e. The van der Waals surface area contributed by atoms with Gasteiger partial charge >= 0.3 is 0 Å². The lowest BCUT2D eigenvalue weighted by Gasteiger charge is -2.08. The first kappa shape index (κ1) is 13.5. The fourth-order valence-electron chi connectivity index (χ4n) is 1.61. The molecular weight excluding hydrogens is 262 g/mol. The van der Waals surface area contributed by atoms with Crippen LogP contribution in [0.3, 0.4) is 0 Å². The molecule has 2 rings (SSSR count). The Morgan fingerprint density at radius 2 is 1.60 bits per heavy atom. The summed E-state index contributed by atoms with van der Waals surface area (Å²) in [5.41, 5.74) is 0.664. The van der Waals surface area contributed by atoms with Gasteiger partial charge in [0.25, 0.3) is 0 Å². The van der Waals surface area contributed by atoms with Gasteiger partial charge in [-0.05, 0) is 29.8 Å². The normalized spacial score (nSPS) is 9.60. The first-order valence-corrected chi connectivity index (χ1v) is 5.67. The van der Waals surface area contributed by atoms with E-state index in [2.05, 4.69) is 0 Å². The number of halogens is 2. The average Bonchev–Trinajstić information content (AvgIpc) is 2.44. The molecule has 3 nitrogen and oxygen atoms in total. The van der Waals surface area contributed by atoms with Crippen LogP contribution in [0.2, 0.25) is 0 Å². The van der Waals surface area contributed by atoms with Crippen LogP contribution in [0.15, 0.2) is 36.4 Å². The van der Waals surface area contributed by atoms with Crippen LogP contribution in [0.1, 0.15) is 11.1 Å². The molecule has 0 aliphatic heterocycles. The SMILES string of the molecule is N#CCc1ccc(Oc2c(F)cc(C#N)cc2F)cc1.